The van der Waals surface area contributed by atoms with E-state index >= 15 is 0 Å². The third-order valence-corrected chi connectivity index (χ3v) is 6.08. The highest BCUT2D eigenvalue weighted by Crippen LogP contribution is 2.33. The Morgan fingerprint density at radius 3 is 1.53 bits per heavy atom. The Labute approximate surface area is 199 Å². The van der Waals surface area contributed by atoms with Gasteiger partial charge in [0.2, 0.25) is 0 Å². The fraction of sp³-hybridized carbons (Fsp3) is 0. The van der Waals surface area contributed by atoms with E-state index in [1.165, 1.54) is 11.1 Å². The predicted molar refractivity (Wildman–Crippen MR) is 141 cm³/mol. The molecule has 0 aliphatic carbocycles. The first-order valence-electron chi connectivity index (χ1n) is 11.4. The largest absolute Gasteiger partial charge is 0.228 e. The molecular formula is C32H22N2. The lowest BCUT2D eigenvalue weighted by molar-refractivity contribution is 1.23. The standard InChI is InChI=1S/C32H22N2/c1-4-11-23(12-5-1)26-17-10-18-28(21-26)32-33-30-20-19-27(24-13-6-2-7-14-24)22-29(30)31(34-32)25-15-8-3-9-16-25/h1-22H. The summed E-state index contributed by atoms with van der Waals surface area (Å²) in [7, 11) is 0. The van der Waals surface area contributed by atoms with E-state index in [1.54, 1.807) is 0 Å². The molecule has 5 aromatic carbocycles. The molecule has 1 heterocycles. The summed E-state index contributed by atoms with van der Waals surface area (Å²) in [4.78, 5) is 10.1. The Kier molecular flexibility index (Phi) is 5.17. The lowest BCUT2D eigenvalue weighted by Crippen LogP contribution is -1.96. The fourth-order valence-corrected chi connectivity index (χ4v) is 4.35. The van der Waals surface area contributed by atoms with Crippen molar-refractivity contribution < 1.29 is 0 Å². The molecule has 0 unspecified atom stereocenters. The average Bonchev–Trinajstić information content (AvgIpc) is 2.93. The number of hydrogen-bond acceptors (Lipinski definition) is 2. The normalized spacial score (nSPS) is 10.9. The third-order valence-electron chi connectivity index (χ3n) is 6.08. The van der Waals surface area contributed by atoms with Crippen LogP contribution in [0.15, 0.2) is 133 Å². The smallest absolute Gasteiger partial charge is 0.160 e. The Morgan fingerprint density at radius 1 is 0.353 bits per heavy atom. The van der Waals surface area contributed by atoms with Crippen molar-refractivity contribution in [3.63, 3.8) is 0 Å². The number of nitrogens with zero attached hydrogens (tertiary/aromatic N) is 2. The van der Waals surface area contributed by atoms with Gasteiger partial charge in [-0.05, 0) is 40.5 Å². The molecule has 0 saturated carbocycles. The molecular weight excluding hydrogens is 412 g/mol. The van der Waals surface area contributed by atoms with Crippen molar-refractivity contribution in [3.05, 3.63) is 133 Å². The van der Waals surface area contributed by atoms with Crippen LogP contribution in [0, 0.1) is 0 Å². The number of hydrogen-bond donors (Lipinski definition) is 0. The highest BCUT2D eigenvalue weighted by molar-refractivity contribution is 5.96. The van der Waals surface area contributed by atoms with Crippen molar-refractivity contribution in [3.8, 4) is 44.9 Å². The molecule has 6 rings (SSSR count). The van der Waals surface area contributed by atoms with E-state index in [0.29, 0.717) is 0 Å². The molecule has 0 radical (unpaired) electrons. The van der Waals surface area contributed by atoms with Gasteiger partial charge in [-0.15, -0.1) is 0 Å². The minimum absolute atomic E-state index is 0.733. The van der Waals surface area contributed by atoms with Crippen LogP contribution >= 0.6 is 0 Å². The summed E-state index contributed by atoms with van der Waals surface area (Å²) in [6.45, 7) is 0. The zero-order chi connectivity index (χ0) is 22.7. The molecule has 2 nitrogen and oxygen atoms in total. The van der Waals surface area contributed by atoms with Crippen LogP contribution in [-0.4, -0.2) is 9.97 Å². The number of fused-ring (bicyclic) bond motifs is 1. The van der Waals surface area contributed by atoms with Gasteiger partial charge in [0.1, 0.15) is 0 Å². The van der Waals surface area contributed by atoms with Gasteiger partial charge in [-0.3, -0.25) is 0 Å². The Bertz CT molecular complexity index is 1570. The molecule has 6 aromatic rings. The zero-order valence-electron chi connectivity index (χ0n) is 18.6. The van der Waals surface area contributed by atoms with Crippen molar-refractivity contribution in [1.29, 1.82) is 0 Å². The van der Waals surface area contributed by atoms with Crippen LogP contribution in [0.3, 0.4) is 0 Å². The first kappa shape index (κ1) is 20.1. The van der Waals surface area contributed by atoms with Gasteiger partial charge in [0.05, 0.1) is 11.2 Å². The summed E-state index contributed by atoms with van der Waals surface area (Å²) < 4.78 is 0. The molecule has 160 valence electrons. The third kappa shape index (κ3) is 3.87. The van der Waals surface area contributed by atoms with E-state index in [0.717, 1.165) is 44.7 Å². The summed E-state index contributed by atoms with van der Waals surface area (Å²) in [5, 5.41) is 1.05. The van der Waals surface area contributed by atoms with Crippen LogP contribution in [0.5, 0.6) is 0 Å². The molecule has 34 heavy (non-hydrogen) atoms. The monoisotopic (exact) mass is 434 g/mol. The molecule has 0 saturated heterocycles. The second-order valence-electron chi connectivity index (χ2n) is 8.31. The van der Waals surface area contributed by atoms with Crippen LogP contribution in [0.1, 0.15) is 0 Å². The maximum atomic E-state index is 5.10. The van der Waals surface area contributed by atoms with Crippen molar-refractivity contribution in [2.75, 3.05) is 0 Å². The maximum absolute atomic E-state index is 5.10. The quantitative estimate of drug-likeness (QED) is 0.279. The van der Waals surface area contributed by atoms with Crippen molar-refractivity contribution in [2.45, 2.75) is 0 Å². The number of aromatic nitrogens is 2. The van der Waals surface area contributed by atoms with Gasteiger partial charge >= 0.3 is 0 Å². The lowest BCUT2D eigenvalue weighted by atomic mass is 9.99. The molecule has 0 N–H and O–H groups in total. The van der Waals surface area contributed by atoms with Gasteiger partial charge in [-0.25, -0.2) is 9.97 Å². The molecule has 0 bridgehead atoms. The zero-order valence-corrected chi connectivity index (χ0v) is 18.6. The van der Waals surface area contributed by atoms with Crippen LogP contribution in [0.4, 0.5) is 0 Å². The molecule has 0 atom stereocenters. The van der Waals surface area contributed by atoms with Gasteiger partial charge in [0.15, 0.2) is 5.82 Å². The molecule has 2 heteroatoms. The number of benzene rings is 5. The lowest BCUT2D eigenvalue weighted by Gasteiger charge is -2.12. The summed E-state index contributed by atoms with van der Waals surface area (Å²) in [5.74, 6) is 0.733. The molecule has 1 aromatic heterocycles. The van der Waals surface area contributed by atoms with E-state index in [9.17, 15) is 0 Å². The van der Waals surface area contributed by atoms with Crippen molar-refractivity contribution in [2.24, 2.45) is 0 Å². The molecule has 0 spiro atoms. The minimum Gasteiger partial charge on any atom is -0.228 e. The number of rotatable bonds is 4. The van der Waals surface area contributed by atoms with Crippen LogP contribution in [0.25, 0.3) is 55.8 Å². The van der Waals surface area contributed by atoms with E-state index in [2.05, 4.69) is 115 Å². The van der Waals surface area contributed by atoms with Gasteiger partial charge < -0.3 is 0 Å². The second-order valence-corrected chi connectivity index (χ2v) is 8.31. The topological polar surface area (TPSA) is 25.8 Å². The van der Waals surface area contributed by atoms with Crippen LogP contribution in [0.2, 0.25) is 0 Å². The van der Waals surface area contributed by atoms with Gasteiger partial charge in [0.25, 0.3) is 0 Å². The average molecular weight is 435 g/mol. The summed E-state index contributed by atoms with van der Waals surface area (Å²) in [6.07, 6.45) is 0. The predicted octanol–water partition coefficient (Wildman–Crippen LogP) is 8.30. The van der Waals surface area contributed by atoms with Crippen LogP contribution in [-0.2, 0) is 0 Å². The van der Waals surface area contributed by atoms with E-state index in [4.69, 9.17) is 9.97 Å². The highest BCUT2D eigenvalue weighted by atomic mass is 14.9. The van der Waals surface area contributed by atoms with E-state index in [1.807, 2.05) is 18.2 Å². The van der Waals surface area contributed by atoms with E-state index in [-0.39, 0.29) is 0 Å². The Balaban J connectivity index is 1.55. The second kappa shape index (κ2) is 8.76. The van der Waals surface area contributed by atoms with Gasteiger partial charge in [-0.2, -0.15) is 0 Å². The van der Waals surface area contributed by atoms with Crippen LogP contribution < -0.4 is 0 Å². The minimum atomic E-state index is 0.733. The summed E-state index contributed by atoms with van der Waals surface area (Å²) in [5.41, 5.74) is 8.66. The molecule has 0 aliphatic heterocycles. The maximum Gasteiger partial charge on any atom is 0.160 e. The first-order chi connectivity index (χ1) is 16.8. The summed E-state index contributed by atoms with van der Waals surface area (Å²) >= 11 is 0. The van der Waals surface area contributed by atoms with Crippen molar-refractivity contribution >= 4 is 10.9 Å². The molecule has 0 amide bonds. The van der Waals surface area contributed by atoms with Crippen molar-refractivity contribution in [1.82, 2.24) is 9.97 Å². The Hall–Kier alpha value is -4.56. The fourth-order valence-electron chi connectivity index (χ4n) is 4.35. The Morgan fingerprint density at radius 2 is 0.882 bits per heavy atom. The van der Waals surface area contributed by atoms with Gasteiger partial charge in [-0.1, -0.05) is 115 Å². The van der Waals surface area contributed by atoms with Gasteiger partial charge in [0, 0.05) is 16.5 Å². The SMILES string of the molecule is c1ccc(-c2cccc(-c3nc(-c4ccccc4)c4cc(-c5ccccc5)ccc4n3)c2)cc1. The first-order valence-corrected chi connectivity index (χ1v) is 11.4. The highest BCUT2D eigenvalue weighted by Gasteiger charge is 2.13. The van der Waals surface area contributed by atoms with E-state index < -0.39 is 0 Å². The molecule has 0 aliphatic rings. The summed E-state index contributed by atoms with van der Waals surface area (Å²) in [6, 6.07) is 46.1. The molecule has 0 fully saturated rings.